The van der Waals surface area contributed by atoms with E-state index in [0.717, 1.165) is 24.2 Å². The van der Waals surface area contributed by atoms with Gasteiger partial charge in [0.15, 0.2) is 0 Å². The number of carbonyl (C=O) groups excluding carboxylic acids is 2. The summed E-state index contributed by atoms with van der Waals surface area (Å²) in [4.78, 5) is 26.9. The Balaban J connectivity index is 1.28. The molecule has 1 N–H and O–H groups in total. The van der Waals surface area contributed by atoms with Crippen molar-refractivity contribution in [2.45, 2.75) is 26.3 Å². The lowest BCUT2D eigenvalue weighted by Gasteiger charge is -2.17. The highest BCUT2D eigenvalue weighted by atomic mass is 16.2. The average Bonchev–Trinajstić information content (AvgIpc) is 3.29. The van der Waals surface area contributed by atoms with E-state index >= 15 is 0 Å². The van der Waals surface area contributed by atoms with Crippen molar-refractivity contribution >= 4 is 28.4 Å². The Morgan fingerprint density at radius 3 is 2.71 bits per heavy atom. The first kappa shape index (κ1) is 18.3. The minimum atomic E-state index is -0.575. The lowest BCUT2D eigenvalue weighted by Crippen LogP contribution is -2.37. The molecule has 144 valence electrons. The molecule has 28 heavy (non-hydrogen) atoms. The van der Waals surface area contributed by atoms with Crippen LogP contribution < -0.4 is 10.2 Å². The molecule has 2 aromatic carbocycles. The number of fused-ring (bicyclic) bond motifs is 1. The fourth-order valence-electron chi connectivity index (χ4n) is 3.82. The molecule has 4 rings (SSSR count). The molecule has 0 spiro atoms. The first-order valence-corrected chi connectivity index (χ1v) is 9.83. The van der Waals surface area contributed by atoms with E-state index in [9.17, 15) is 9.59 Å². The zero-order valence-corrected chi connectivity index (χ0v) is 16.1. The predicted molar refractivity (Wildman–Crippen MR) is 111 cm³/mol. The van der Waals surface area contributed by atoms with Gasteiger partial charge in [-0.3, -0.25) is 9.59 Å². The Bertz CT molecular complexity index is 991. The standard InChI is InChI=1S/C23H25N3O2/c1-17-7-9-19(10-8-17)26-16-12-20(23(26)28)22(27)24-13-4-14-25-15-11-18-5-2-3-6-21(18)25/h2-3,5-11,15,20H,4,12-14,16H2,1H3,(H,24,27). The molecular formula is C23H25N3O2. The summed E-state index contributed by atoms with van der Waals surface area (Å²) in [5, 5.41) is 4.17. The van der Waals surface area contributed by atoms with Gasteiger partial charge < -0.3 is 14.8 Å². The van der Waals surface area contributed by atoms with E-state index in [2.05, 4.69) is 34.3 Å². The van der Waals surface area contributed by atoms with Crippen LogP contribution in [0.4, 0.5) is 5.69 Å². The molecule has 1 fully saturated rings. The number of amides is 2. The molecule has 0 radical (unpaired) electrons. The number of nitrogens with zero attached hydrogens (tertiary/aromatic N) is 2. The highest BCUT2D eigenvalue weighted by Gasteiger charge is 2.37. The Morgan fingerprint density at radius 2 is 1.89 bits per heavy atom. The maximum Gasteiger partial charge on any atom is 0.239 e. The predicted octanol–water partition coefficient (Wildman–Crippen LogP) is 3.51. The van der Waals surface area contributed by atoms with Crippen molar-refractivity contribution in [3.63, 3.8) is 0 Å². The van der Waals surface area contributed by atoms with Gasteiger partial charge in [0, 0.05) is 37.0 Å². The third-order valence-corrected chi connectivity index (χ3v) is 5.42. The minimum Gasteiger partial charge on any atom is -0.355 e. The zero-order valence-electron chi connectivity index (χ0n) is 16.1. The first-order chi connectivity index (χ1) is 13.6. The molecule has 0 bridgehead atoms. The number of nitrogens with one attached hydrogen (secondary N) is 1. The highest BCUT2D eigenvalue weighted by Crippen LogP contribution is 2.25. The van der Waals surface area contributed by atoms with E-state index in [-0.39, 0.29) is 11.8 Å². The van der Waals surface area contributed by atoms with Crippen LogP contribution in [-0.2, 0) is 16.1 Å². The fraction of sp³-hybridized carbons (Fsp3) is 0.304. The normalized spacial score (nSPS) is 16.7. The molecule has 5 heteroatoms. The summed E-state index contributed by atoms with van der Waals surface area (Å²) < 4.78 is 2.20. The molecular weight excluding hydrogens is 350 g/mol. The van der Waals surface area contributed by atoms with Gasteiger partial charge in [-0.1, -0.05) is 35.9 Å². The van der Waals surface area contributed by atoms with Crippen molar-refractivity contribution in [2.24, 2.45) is 5.92 Å². The molecule has 5 nitrogen and oxygen atoms in total. The van der Waals surface area contributed by atoms with Gasteiger partial charge >= 0.3 is 0 Å². The number of aromatic nitrogens is 1. The van der Waals surface area contributed by atoms with Crippen molar-refractivity contribution in [1.82, 2.24) is 9.88 Å². The Morgan fingerprint density at radius 1 is 1.11 bits per heavy atom. The molecule has 1 atom stereocenters. The van der Waals surface area contributed by atoms with Crippen molar-refractivity contribution in [2.75, 3.05) is 18.0 Å². The summed E-state index contributed by atoms with van der Waals surface area (Å²) in [6, 6.07) is 18.2. The number of anilines is 1. The van der Waals surface area contributed by atoms with Crippen LogP contribution in [0.5, 0.6) is 0 Å². The van der Waals surface area contributed by atoms with Crippen molar-refractivity contribution < 1.29 is 9.59 Å². The molecule has 2 heterocycles. The summed E-state index contributed by atoms with van der Waals surface area (Å²) in [6.45, 7) is 4.01. The second-order valence-electron chi connectivity index (χ2n) is 7.38. The lowest BCUT2D eigenvalue weighted by atomic mass is 10.1. The number of hydrogen-bond donors (Lipinski definition) is 1. The van der Waals surface area contributed by atoms with Crippen molar-refractivity contribution in [1.29, 1.82) is 0 Å². The van der Waals surface area contributed by atoms with E-state index in [4.69, 9.17) is 0 Å². The molecule has 0 aliphatic carbocycles. The van der Waals surface area contributed by atoms with Crippen LogP contribution in [0.1, 0.15) is 18.4 Å². The van der Waals surface area contributed by atoms with Crippen molar-refractivity contribution in [3.05, 3.63) is 66.4 Å². The summed E-state index contributed by atoms with van der Waals surface area (Å²) in [5.74, 6) is -0.830. The second-order valence-corrected chi connectivity index (χ2v) is 7.38. The van der Waals surface area contributed by atoms with Crippen LogP contribution in [0, 0.1) is 12.8 Å². The maximum atomic E-state index is 12.7. The smallest absolute Gasteiger partial charge is 0.239 e. The number of carbonyl (C=O) groups is 2. The molecule has 0 saturated carbocycles. The fourth-order valence-corrected chi connectivity index (χ4v) is 3.82. The van der Waals surface area contributed by atoms with Crippen LogP contribution >= 0.6 is 0 Å². The lowest BCUT2D eigenvalue weighted by molar-refractivity contribution is -0.132. The average molecular weight is 375 g/mol. The summed E-state index contributed by atoms with van der Waals surface area (Å²) in [6.07, 6.45) is 3.47. The van der Waals surface area contributed by atoms with E-state index in [1.54, 1.807) is 4.90 Å². The summed E-state index contributed by atoms with van der Waals surface area (Å²) >= 11 is 0. The Kier molecular flexibility index (Phi) is 5.15. The molecule has 1 aliphatic heterocycles. The van der Waals surface area contributed by atoms with Crippen LogP contribution in [0.3, 0.4) is 0 Å². The molecule has 3 aromatic rings. The van der Waals surface area contributed by atoms with Crippen molar-refractivity contribution in [3.8, 4) is 0 Å². The van der Waals surface area contributed by atoms with Crippen LogP contribution in [0.2, 0.25) is 0 Å². The van der Waals surface area contributed by atoms with Crippen LogP contribution in [-0.4, -0.2) is 29.5 Å². The van der Waals surface area contributed by atoms with Gasteiger partial charge in [0.25, 0.3) is 0 Å². The van der Waals surface area contributed by atoms with Gasteiger partial charge in [-0.2, -0.15) is 0 Å². The maximum absolute atomic E-state index is 12.7. The van der Waals surface area contributed by atoms with E-state index in [1.807, 2.05) is 43.3 Å². The second kappa shape index (κ2) is 7.89. The molecule has 1 unspecified atom stereocenters. The minimum absolute atomic E-state index is 0.0993. The topological polar surface area (TPSA) is 54.3 Å². The monoisotopic (exact) mass is 375 g/mol. The third-order valence-electron chi connectivity index (χ3n) is 5.42. The SMILES string of the molecule is Cc1ccc(N2CCC(C(=O)NCCCn3ccc4ccccc43)C2=O)cc1. The number of aryl methyl sites for hydroxylation is 2. The van der Waals surface area contributed by atoms with Gasteiger partial charge in [-0.25, -0.2) is 0 Å². The van der Waals surface area contributed by atoms with Gasteiger partial charge in [0.1, 0.15) is 5.92 Å². The number of rotatable bonds is 6. The molecule has 2 amide bonds. The molecule has 1 aliphatic rings. The summed E-state index contributed by atoms with van der Waals surface area (Å²) in [5.41, 5.74) is 3.22. The number of benzene rings is 2. The number of para-hydroxylation sites is 1. The van der Waals surface area contributed by atoms with Gasteiger partial charge in [0.2, 0.25) is 11.8 Å². The Labute approximate surface area is 165 Å². The first-order valence-electron chi connectivity index (χ1n) is 9.83. The summed E-state index contributed by atoms with van der Waals surface area (Å²) in [7, 11) is 0. The highest BCUT2D eigenvalue weighted by molar-refractivity contribution is 6.09. The zero-order chi connectivity index (χ0) is 19.5. The molecule has 1 aromatic heterocycles. The van der Waals surface area contributed by atoms with Gasteiger partial charge in [-0.15, -0.1) is 0 Å². The van der Waals surface area contributed by atoms with Gasteiger partial charge in [0.05, 0.1) is 0 Å². The van der Waals surface area contributed by atoms with Crippen LogP contribution in [0.15, 0.2) is 60.8 Å². The quantitative estimate of drug-likeness (QED) is 0.529. The van der Waals surface area contributed by atoms with E-state index in [0.29, 0.717) is 19.5 Å². The largest absolute Gasteiger partial charge is 0.355 e. The molecule has 1 saturated heterocycles. The van der Waals surface area contributed by atoms with Crippen LogP contribution in [0.25, 0.3) is 10.9 Å². The van der Waals surface area contributed by atoms with E-state index in [1.165, 1.54) is 10.9 Å². The third kappa shape index (κ3) is 3.65. The number of hydrogen-bond acceptors (Lipinski definition) is 2. The van der Waals surface area contributed by atoms with E-state index < -0.39 is 5.92 Å². The Hall–Kier alpha value is -3.08. The van der Waals surface area contributed by atoms with Gasteiger partial charge in [-0.05, 0) is 49.4 Å².